The summed E-state index contributed by atoms with van der Waals surface area (Å²) in [6.07, 6.45) is -4.50. The zero-order valence-electron chi connectivity index (χ0n) is 11.3. The number of aryl methyl sites for hydroxylation is 2. The van der Waals surface area contributed by atoms with Gasteiger partial charge in [0.2, 0.25) is 0 Å². The van der Waals surface area contributed by atoms with Gasteiger partial charge in [-0.25, -0.2) is 0 Å². The number of halogens is 3. The summed E-state index contributed by atoms with van der Waals surface area (Å²) < 4.78 is 40.2. The van der Waals surface area contributed by atoms with Crippen LogP contribution in [-0.4, -0.2) is 14.8 Å². The SMILES string of the molecule is Cc1cc(Nc2ccc(C(F)(F)F)c(C(N)=S)c2)n(C)n1. The number of benzene rings is 1. The molecule has 4 nitrogen and oxygen atoms in total. The van der Waals surface area contributed by atoms with Gasteiger partial charge in [0.05, 0.1) is 11.3 Å². The molecule has 0 radical (unpaired) electrons. The minimum Gasteiger partial charge on any atom is -0.389 e. The maximum atomic E-state index is 12.9. The maximum Gasteiger partial charge on any atom is 0.417 e. The summed E-state index contributed by atoms with van der Waals surface area (Å²) in [6.45, 7) is 1.82. The Morgan fingerprint density at radius 1 is 1.33 bits per heavy atom. The summed E-state index contributed by atoms with van der Waals surface area (Å²) in [7, 11) is 1.73. The van der Waals surface area contributed by atoms with Crippen LogP contribution in [0.2, 0.25) is 0 Å². The number of nitrogens with two attached hydrogens (primary N) is 1. The van der Waals surface area contributed by atoms with E-state index in [-0.39, 0.29) is 10.6 Å². The standard InChI is InChI=1S/C13H13F3N4S/c1-7-5-11(20(2)19-7)18-8-3-4-10(13(14,15)16)9(6-8)12(17)21/h3-6,18H,1-2H3,(H2,17,21). The molecule has 0 aliphatic rings. The summed E-state index contributed by atoms with van der Waals surface area (Å²) in [5.74, 6) is 0.654. The second-order valence-electron chi connectivity index (χ2n) is 4.54. The third kappa shape index (κ3) is 3.33. The number of hydrogen-bond donors (Lipinski definition) is 2. The van der Waals surface area contributed by atoms with Crippen molar-refractivity contribution in [3.05, 3.63) is 41.1 Å². The lowest BCUT2D eigenvalue weighted by molar-refractivity contribution is -0.137. The molecule has 2 rings (SSSR count). The van der Waals surface area contributed by atoms with Crippen molar-refractivity contribution in [2.75, 3.05) is 5.32 Å². The van der Waals surface area contributed by atoms with Crippen LogP contribution < -0.4 is 11.1 Å². The van der Waals surface area contributed by atoms with Crippen molar-refractivity contribution in [3.63, 3.8) is 0 Å². The van der Waals surface area contributed by atoms with Crippen LogP contribution in [0, 0.1) is 6.92 Å². The second-order valence-corrected chi connectivity index (χ2v) is 4.98. The van der Waals surface area contributed by atoms with Crippen LogP contribution in [0.5, 0.6) is 0 Å². The van der Waals surface area contributed by atoms with Crippen molar-refractivity contribution < 1.29 is 13.2 Å². The molecule has 0 saturated carbocycles. The van der Waals surface area contributed by atoms with E-state index in [9.17, 15) is 13.2 Å². The van der Waals surface area contributed by atoms with E-state index in [1.165, 1.54) is 12.1 Å². The van der Waals surface area contributed by atoms with Gasteiger partial charge in [-0.3, -0.25) is 4.68 Å². The van der Waals surface area contributed by atoms with Gasteiger partial charge in [0.25, 0.3) is 0 Å². The van der Waals surface area contributed by atoms with Crippen LogP contribution in [0.4, 0.5) is 24.7 Å². The quantitative estimate of drug-likeness (QED) is 0.855. The molecule has 0 bridgehead atoms. The first kappa shape index (κ1) is 15.3. The fourth-order valence-corrected chi connectivity index (χ4v) is 2.12. The summed E-state index contributed by atoms with van der Waals surface area (Å²) >= 11 is 4.71. The van der Waals surface area contributed by atoms with Gasteiger partial charge >= 0.3 is 6.18 Å². The fraction of sp³-hybridized carbons (Fsp3) is 0.231. The van der Waals surface area contributed by atoms with Crippen molar-refractivity contribution in [1.82, 2.24) is 9.78 Å². The van der Waals surface area contributed by atoms with E-state index in [1.54, 1.807) is 17.8 Å². The molecule has 0 aliphatic heterocycles. The molecule has 2 aromatic rings. The first-order chi connectivity index (χ1) is 9.68. The minimum atomic E-state index is -4.50. The molecule has 0 atom stereocenters. The van der Waals surface area contributed by atoms with Crippen molar-refractivity contribution >= 4 is 28.7 Å². The first-order valence-corrected chi connectivity index (χ1v) is 6.38. The monoisotopic (exact) mass is 314 g/mol. The van der Waals surface area contributed by atoms with Crippen molar-refractivity contribution in [2.24, 2.45) is 12.8 Å². The number of rotatable bonds is 3. The van der Waals surface area contributed by atoms with Gasteiger partial charge in [-0.05, 0) is 25.1 Å². The number of nitrogens with zero attached hydrogens (tertiary/aromatic N) is 2. The highest BCUT2D eigenvalue weighted by Crippen LogP contribution is 2.33. The number of alkyl halides is 3. The van der Waals surface area contributed by atoms with Gasteiger partial charge < -0.3 is 11.1 Å². The van der Waals surface area contributed by atoms with E-state index in [1.807, 2.05) is 6.92 Å². The smallest absolute Gasteiger partial charge is 0.389 e. The molecule has 1 heterocycles. The van der Waals surface area contributed by atoms with Crippen LogP contribution in [0.25, 0.3) is 0 Å². The molecular formula is C13H13F3N4S. The summed E-state index contributed by atoms with van der Waals surface area (Å²) in [5, 5.41) is 7.13. The number of nitrogens with one attached hydrogen (secondary N) is 1. The highest BCUT2D eigenvalue weighted by atomic mass is 32.1. The van der Waals surface area contributed by atoms with Gasteiger partial charge in [-0.15, -0.1) is 0 Å². The van der Waals surface area contributed by atoms with E-state index in [0.29, 0.717) is 11.5 Å². The number of anilines is 2. The van der Waals surface area contributed by atoms with Crippen molar-refractivity contribution in [3.8, 4) is 0 Å². The Bertz CT molecular complexity index is 691. The third-order valence-corrected chi connectivity index (χ3v) is 3.08. The Morgan fingerprint density at radius 3 is 2.48 bits per heavy atom. The zero-order chi connectivity index (χ0) is 15.8. The summed E-state index contributed by atoms with van der Waals surface area (Å²) in [4.78, 5) is -0.299. The number of thiocarbonyl (C=S) groups is 1. The summed E-state index contributed by atoms with van der Waals surface area (Å²) in [5.41, 5.74) is 5.59. The largest absolute Gasteiger partial charge is 0.417 e. The lowest BCUT2D eigenvalue weighted by Gasteiger charge is -2.14. The number of hydrogen-bond acceptors (Lipinski definition) is 3. The fourth-order valence-electron chi connectivity index (χ4n) is 1.95. The highest BCUT2D eigenvalue weighted by Gasteiger charge is 2.34. The third-order valence-electron chi connectivity index (χ3n) is 2.86. The maximum absolute atomic E-state index is 12.9. The predicted molar refractivity (Wildman–Crippen MR) is 78.6 cm³/mol. The molecule has 0 spiro atoms. The molecule has 0 saturated heterocycles. The van der Waals surface area contributed by atoms with Crippen molar-refractivity contribution in [2.45, 2.75) is 13.1 Å². The average molecular weight is 314 g/mol. The Balaban J connectivity index is 2.41. The molecule has 0 aliphatic carbocycles. The molecule has 0 unspecified atom stereocenters. The topological polar surface area (TPSA) is 55.9 Å². The van der Waals surface area contributed by atoms with Crippen LogP contribution in [0.1, 0.15) is 16.8 Å². The van der Waals surface area contributed by atoms with E-state index in [0.717, 1.165) is 11.8 Å². The van der Waals surface area contributed by atoms with E-state index >= 15 is 0 Å². The molecule has 0 fully saturated rings. The van der Waals surface area contributed by atoms with Gasteiger partial charge in [0.15, 0.2) is 0 Å². The van der Waals surface area contributed by atoms with E-state index in [2.05, 4.69) is 10.4 Å². The molecule has 3 N–H and O–H groups in total. The van der Waals surface area contributed by atoms with Crippen LogP contribution in [-0.2, 0) is 13.2 Å². The van der Waals surface area contributed by atoms with Crippen LogP contribution >= 0.6 is 12.2 Å². The van der Waals surface area contributed by atoms with Gasteiger partial charge in [-0.1, -0.05) is 12.2 Å². The molecule has 21 heavy (non-hydrogen) atoms. The molecular weight excluding hydrogens is 301 g/mol. The van der Waals surface area contributed by atoms with Crippen LogP contribution in [0.3, 0.4) is 0 Å². The molecule has 112 valence electrons. The minimum absolute atomic E-state index is 0.207. The van der Waals surface area contributed by atoms with Gasteiger partial charge in [0.1, 0.15) is 10.8 Å². The lowest BCUT2D eigenvalue weighted by atomic mass is 10.1. The Kier molecular flexibility index (Phi) is 3.91. The van der Waals surface area contributed by atoms with Gasteiger partial charge in [0, 0.05) is 24.4 Å². The Hall–Kier alpha value is -2.09. The molecule has 1 aromatic carbocycles. The molecule has 0 amide bonds. The van der Waals surface area contributed by atoms with Crippen molar-refractivity contribution in [1.29, 1.82) is 0 Å². The Morgan fingerprint density at radius 2 is 2.00 bits per heavy atom. The molecule has 1 aromatic heterocycles. The van der Waals surface area contributed by atoms with Gasteiger partial charge in [-0.2, -0.15) is 18.3 Å². The average Bonchev–Trinajstić information content (AvgIpc) is 2.66. The van der Waals surface area contributed by atoms with E-state index < -0.39 is 11.7 Å². The summed E-state index contributed by atoms with van der Waals surface area (Å²) in [6, 6.07) is 5.35. The second kappa shape index (κ2) is 5.36. The lowest BCUT2D eigenvalue weighted by Crippen LogP contribution is -2.18. The first-order valence-electron chi connectivity index (χ1n) is 5.97. The Labute approximate surface area is 124 Å². The zero-order valence-corrected chi connectivity index (χ0v) is 12.1. The number of aromatic nitrogens is 2. The predicted octanol–water partition coefficient (Wildman–Crippen LogP) is 3.13. The van der Waals surface area contributed by atoms with Crippen LogP contribution in [0.15, 0.2) is 24.3 Å². The van der Waals surface area contributed by atoms with E-state index in [4.69, 9.17) is 18.0 Å². The highest BCUT2D eigenvalue weighted by molar-refractivity contribution is 7.80. The molecule has 8 heteroatoms. The normalized spacial score (nSPS) is 11.5.